The second kappa shape index (κ2) is 7.50. The van der Waals surface area contributed by atoms with Gasteiger partial charge in [-0.15, -0.1) is 0 Å². The number of hydrogen-bond donors (Lipinski definition) is 2. The summed E-state index contributed by atoms with van der Waals surface area (Å²) in [5.41, 5.74) is 0.305. The predicted molar refractivity (Wildman–Crippen MR) is 96.2 cm³/mol. The normalized spacial score (nSPS) is 12.7. The number of nitriles is 1. The molecule has 0 amide bonds. The molecule has 0 atom stereocenters. The number of pyridine rings is 1. The van der Waals surface area contributed by atoms with Crippen LogP contribution in [0.25, 0.3) is 16.6 Å². The molecule has 5 nitrogen and oxygen atoms in total. The molecule has 0 aliphatic carbocycles. The molecule has 2 aromatic heterocycles. The van der Waals surface area contributed by atoms with Crippen molar-refractivity contribution in [1.82, 2.24) is 15.0 Å². The average molecular weight is 411 g/mol. The Morgan fingerprint density at radius 2 is 2.07 bits per heavy atom. The van der Waals surface area contributed by atoms with Crippen LogP contribution in [-0.2, 0) is 6.18 Å². The number of fused-ring (bicyclic) bond motifs is 1. The average Bonchev–Trinajstić information content (AvgIpc) is 3.04. The van der Waals surface area contributed by atoms with Crippen molar-refractivity contribution in [3.63, 3.8) is 0 Å². The molecule has 0 aliphatic rings. The molecule has 0 spiro atoms. The number of aromatic amines is 1. The van der Waals surface area contributed by atoms with Gasteiger partial charge in [-0.05, 0) is 18.2 Å². The molecule has 10 heteroatoms. The molecule has 3 rings (SSSR count). The molecule has 0 aliphatic heterocycles. The van der Waals surface area contributed by atoms with Crippen molar-refractivity contribution in [3.8, 4) is 6.07 Å². The van der Waals surface area contributed by atoms with E-state index >= 15 is 0 Å². The molecule has 27 heavy (non-hydrogen) atoms. The van der Waals surface area contributed by atoms with Crippen LogP contribution in [0.15, 0.2) is 47.3 Å². The second-order valence-electron chi connectivity index (χ2n) is 5.33. The lowest BCUT2D eigenvalue weighted by molar-refractivity contribution is -0.137. The maximum atomic E-state index is 12.6. The van der Waals surface area contributed by atoms with E-state index in [-0.39, 0.29) is 33.0 Å². The lowest BCUT2D eigenvalue weighted by Gasteiger charge is -2.09. The van der Waals surface area contributed by atoms with E-state index in [0.29, 0.717) is 17.2 Å². The lowest BCUT2D eigenvalue weighted by atomic mass is 10.2. The highest BCUT2D eigenvalue weighted by Crippen LogP contribution is 2.34. The molecule has 1 aromatic carbocycles. The Balaban J connectivity index is 1.82. The maximum absolute atomic E-state index is 12.6. The van der Waals surface area contributed by atoms with Gasteiger partial charge in [-0.25, -0.2) is 9.97 Å². The molecule has 0 saturated carbocycles. The first kappa shape index (κ1) is 19.1. The number of halogens is 4. The lowest BCUT2D eigenvalue weighted by Crippen LogP contribution is -2.05. The molecule has 2 N–H and O–H groups in total. The van der Waals surface area contributed by atoms with Crippen molar-refractivity contribution in [2.24, 2.45) is 0 Å². The van der Waals surface area contributed by atoms with E-state index in [0.717, 1.165) is 17.8 Å². The molecule has 138 valence electrons. The summed E-state index contributed by atoms with van der Waals surface area (Å²) in [6, 6.07) is 9.76. The number of alkyl halides is 3. The highest BCUT2D eigenvalue weighted by molar-refractivity contribution is 7.99. The van der Waals surface area contributed by atoms with E-state index in [1.165, 1.54) is 0 Å². The summed E-state index contributed by atoms with van der Waals surface area (Å²) >= 11 is 6.75. The predicted octanol–water partition coefficient (Wildman–Crippen LogP) is 5.22. The Morgan fingerprint density at radius 3 is 2.70 bits per heavy atom. The third-order valence-electron chi connectivity index (χ3n) is 3.51. The number of allylic oxidation sites excluding steroid dienone is 1. The Morgan fingerprint density at radius 1 is 1.33 bits per heavy atom. The van der Waals surface area contributed by atoms with E-state index in [2.05, 4.69) is 15.0 Å². The summed E-state index contributed by atoms with van der Waals surface area (Å²) in [4.78, 5) is 10.9. The van der Waals surface area contributed by atoms with E-state index in [1.807, 2.05) is 6.07 Å². The standard InChI is InChI=1S/C17H10ClF3N4OS/c18-11-5-9(17(19,20)21)7-23-16(11)27-8-14(26)10(6-22)15-24-12-3-1-2-4-13(12)25-15/h1-5,7,26H,8H2,(H,24,25). The van der Waals surface area contributed by atoms with Crippen LogP contribution in [0.1, 0.15) is 11.4 Å². The van der Waals surface area contributed by atoms with Gasteiger partial charge in [0.15, 0.2) is 5.82 Å². The smallest absolute Gasteiger partial charge is 0.417 e. The van der Waals surface area contributed by atoms with Crippen molar-refractivity contribution in [1.29, 1.82) is 5.26 Å². The number of nitrogens with zero attached hydrogens (tertiary/aromatic N) is 3. The van der Waals surface area contributed by atoms with Gasteiger partial charge in [0.2, 0.25) is 0 Å². The molecule has 0 saturated heterocycles. The van der Waals surface area contributed by atoms with Crippen molar-refractivity contribution in [2.45, 2.75) is 11.2 Å². The third-order valence-corrected chi connectivity index (χ3v) is 4.92. The summed E-state index contributed by atoms with van der Waals surface area (Å²) in [6.45, 7) is 0. The van der Waals surface area contributed by atoms with Crippen LogP contribution in [0.4, 0.5) is 13.2 Å². The molecule has 3 aromatic rings. The first-order valence-corrected chi connectivity index (χ1v) is 8.79. The molecule has 2 heterocycles. The fraction of sp³-hybridized carbons (Fsp3) is 0.118. The van der Waals surface area contributed by atoms with Crippen LogP contribution in [0.5, 0.6) is 0 Å². The summed E-state index contributed by atoms with van der Waals surface area (Å²) in [6.07, 6.45) is -3.88. The Bertz CT molecular complexity index is 1040. The van der Waals surface area contributed by atoms with Crippen LogP contribution < -0.4 is 0 Å². The molecule has 0 unspecified atom stereocenters. The van der Waals surface area contributed by atoms with E-state index < -0.39 is 11.7 Å². The SMILES string of the molecule is N#CC(=C(O)CSc1ncc(C(F)(F)F)cc1Cl)c1nc2ccccc2[nH]1. The van der Waals surface area contributed by atoms with Crippen LogP contribution >= 0.6 is 23.4 Å². The molecular weight excluding hydrogens is 401 g/mol. The first-order valence-electron chi connectivity index (χ1n) is 7.42. The van der Waals surface area contributed by atoms with Gasteiger partial charge in [0.25, 0.3) is 0 Å². The summed E-state index contributed by atoms with van der Waals surface area (Å²) < 4.78 is 37.9. The number of aliphatic hydroxyl groups is 1. The monoisotopic (exact) mass is 410 g/mol. The molecule has 0 radical (unpaired) electrons. The van der Waals surface area contributed by atoms with Gasteiger partial charge in [-0.2, -0.15) is 18.4 Å². The minimum atomic E-state index is -4.54. The fourth-order valence-corrected chi connectivity index (χ4v) is 3.29. The van der Waals surface area contributed by atoms with Gasteiger partial charge in [-0.1, -0.05) is 35.5 Å². The number of hydrogen-bond acceptors (Lipinski definition) is 5. The Labute approximate surface area is 160 Å². The Hall–Kier alpha value is -2.70. The van der Waals surface area contributed by atoms with Crippen molar-refractivity contribution in [3.05, 3.63) is 58.7 Å². The molecule has 0 bridgehead atoms. The highest BCUT2D eigenvalue weighted by Gasteiger charge is 2.31. The van der Waals surface area contributed by atoms with E-state index in [4.69, 9.17) is 11.6 Å². The van der Waals surface area contributed by atoms with E-state index in [1.54, 1.807) is 24.3 Å². The van der Waals surface area contributed by atoms with Gasteiger partial charge in [0.05, 0.1) is 27.4 Å². The zero-order valence-corrected chi connectivity index (χ0v) is 15.0. The topological polar surface area (TPSA) is 85.6 Å². The maximum Gasteiger partial charge on any atom is 0.417 e. The number of rotatable bonds is 4. The van der Waals surface area contributed by atoms with Gasteiger partial charge < -0.3 is 10.1 Å². The van der Waals surface area contributed by atoms with Crippen LogP contribution in [0, 0.1) is 11.3 Å². The number of nitrogens with one attached hydrogen (secondary N) is 1. The fourth-order valence-electron chi connectivity index (χ4n) is 2.22. The summed E-state index contributed by atoms with van der Waals surface area (Å²) in [7, 11) is 0. The highest BCUT2D eigenvalue weighted by atomic mass is 35.5. The van der Waals surface area contributed by atoms with Crippen LogP contribution in [-0.4, -0.2) is 25.8 Å². The zero-order chi connectivity index (χ0) is 19.6. The number of H-pyrrole nitrogens is 1. The Kier molecular flexibility index (Phi) is 5.30. The number of para-hydroxylation sites is 2. The first-order chi connectivity index (χ1) is 12.8. The number of imidazole rings is 1. The van der Waals surface area contributed by atoms with Crippen molar-refractivity contribution >= 4 is 40.0 Å². The summed E-state index contributed by atoms with van der Waals surface area (Å²) in [5, 5.41) is 19.5. The minimum absolute atomic E-state index is 0.0678. The molecular formula is C17H10ClF3N4OS. The van der Waals surface area contributed by atoms with Crippen molar-refractivity contribution < 1.29 is 18.3 Å². The van der Waals surface area contributed by atoms with Gasteiger partial charge >= 0.3 is 6.18 Å². The van der Waals surface area contributed by atoms with Gasteiger partial charge in [0, 0.05) is 6.20 Å². The largest absolute Gasteiger partial charge is 0.510 e. The second-order valence-corrected chi connectivity index (χ2v) is 6.70. The minimum Gasteiger partial charge on any atom is -0.510 e. The molecule has 0 fully saturated rings. The van der Waals surface area contributed by atoms with Crippen LogP contribution in [0.2, 0.25) is 5.02 Å². The van der Waals surface area contributed by atoms with Crippen LogP contribution in [0.3, 0.4) is 0 Å². The quantitative estimate of drug-likeness (QED) is 0.350. The zero-order valence-electron chi connectivity index (χ0n) is 13.4. The van der Waals surface area contributed by atoms with Crippen molar-refractivity contribution in [2.75, 3.05) is 5.75 Å². The van der Waals surface area contributed by atoms with E-state index in [9.17, 15) is 23.5 Å². The van der Waals surface area contributed by atoms with Gasteiger partial charge in [0.1, 0.15) is 22.4 Å². The summed E-state index contributed by atoms with van der Waals surface area (Å²) in [5.74, 6) is -0.208. The number of aromatic nitrogens is 3. The third kappa shape index (κ3) is 4.18. The number of benzene rings is 1. The number of thioether (sulfide) groups is 1. The number of aliphatic hydroxyl groups excluding tert-OH is 1. The van der Waals surface area contributed by atoms with Gasteiger partial charge in [-0.3, -0.25) is 0 Å².